The Morgan fingerprint density at radius 1 is 0.870 bits per heavy atom. The maximum absolute atomic E-state index is 12.4. The zero-order valence-electron chi connectivity index (χ0n) is 12.4. The molecule has 0 fully saturated rings. The van der Waals surface area contributed by atoms with E-state index in [0.717, 1.165) is 11.1 Å². The highest BCUT2D eigenvalue weighted by atomic mass is 16.4. The van der Waals surface area contributed by atoms with Crippen molar-refractivity contribution in [2.45, 2.75) is 19.4 Å². The van der Waals surface area contributed by atoms with E-state index in [4.69, 9.17) is 5.11 Å². The molecule has 1 N–H and O–H groups in total. The summed E-state index contributed by atoms with van der Waals surface area (Å²) in [5.74, 6) is -1.49. The van der Waals surface area contributed by atoms with Gasteiger partial charge in [0.05, 0.1) is 17.7 Å². The molecule has 0 bridgehead atoms. The molecule has 23 heavy (non-hydrogen) atoms. The minimum absolute atomic E-state index is 0.0130. The Morgan fingerprint density at radius 2 is 1.39 bits per heavy atom. The lowest BCUT2D eigenvalue weighted by Gasteiger charge is -2.16. The van der Waals surface area contributed by atoms with Gasteiger partial charge in [-0.05, 0) is 29.7 Å². The Kier molecular flexibility index (Phi) is 3.93. The van der Waals surface area contributed by atoms with Gasteiger partial charge in [0.2, 0.25) is 0 Å². The van der Waals surface area contributed by atoms with Gasteiger partial charge in [-0.3, -0.25) is 19.3 Å². The molecule has 1 aliphatic rings. The standard InChI is InChI=1S/C18H15NO4/c20-16(21)10-9-12-5-1-2-6-13(12)11-19-17(22)14-7-3-4-8-15(14)18(19)23/h1-8H,9-11H2,(H,20,21). The van der Waals surface area contributed by atoms with Crippen LogP contribution in [-0.2, 0) is 17.8 Å². The molecule has 2 aromatic carbocycles. The zero-order valence-corrected chi connectivity index (χ0v) is 12.4. The molecule has 1 heterocycles. The number of carbonyl (C=O) groups excluding carboxylic acids is 2. The average molecular weight is 309 g/mol. The fraction of sp³-hybridized carbons (Fsp3) is 0.167. The van der Waals surface area contributed by atoms with Gasteiger partial charge < -0.3 is 5.11 Å². The number of rotatable bonds is 5. The molecule has 2 amide bonds. The van der Waals surface area contributed by atoms with Crippen LogP contribution in [0.3, 0.4) is 0 Å². The van der Waals surface area contributed by atoms with Crippen LogP contribution in [-0.4, -0.2) is 27.8 Å². The van der Waals surface area contributed by atoms with Crippen LogP contribution in [0.4, 0.5) is 0 Å². The molecule has 0 radical (unpaired) electrons. The Balaban J connectivity index is 1.85. The molecular weight excluding hydrogens is 294 g/mol. The van der Waals surface area contributed by atoms with E-state index in [0.29, 0.717) is 17.5 Å². The van der Waals surface area contributed by atoms with Crippen LogP contribution >= 0.6 is 0 Å². The number of carboxylic acid groups (broad SMARTS) is 1. The average Bonchev–Trinajstić information content (AvgIpc) is 2.79. The second kappa shape index (κ2) is 6.04. The van der Waals surface area contributed by atoms with Gasteiger partial charge in [0, 0.05) is 6.42 Å². The molecule has 3 rings (SSSR count). The molecule has 5 heteroatoms. The molecule has 0 saturated heterocycles. The Bertz CT molecular complexity index is 762. The highest BCUT2D eigenvalue weighted by molar-refractivity contribution is 6.21. The Morgan fingerprint density at radius 3 is 1.96 bits per heavy atom. The second-order valence-electron chi connectivity index (χ2n) is 5.40. The molecule has 116 valence electrons. The first kappa shape index (κ1) is 15.0. The molecule has 0 atom stereocenters. The number of aliphatic carboxylic acids is 1. The molecule has 5 nitrogen and oxygen atoms in total. The summed E-state index contributed by atoms with van der Waals surface area (Å²) in [7, 11) is 0. The topological polar surface area (TPSA) is 74.7 Å². The van der Waals surface area contributed by atoms with Crippen LogP contribution in [0.15, 0.2) is 48.5 Å². The number of fused-ring (bicyclic) bond motifs is 1. The van der Waals surface area contributed by atoms with Crippen LogP contribution in [0.5, 0.6) is 0 Å². The number of carbonyl (C=O) groups is 3. The summed E-state index contributed by atoms with van der Waals surface area (Å²) in [5, 5.41) is 8.83. The van der Waals surface area contributed by atoms with Crippen LogP contribution in [0.2, 0.25) is 0 Å². The fourth-order valence-electron chi connectivity index (χ4n) is 2.75. The third-order valence-corrected chi connectivity index (χ3v) is 3.93. The minimum Gasteiger partial charge on any atom is -0.481 e. The van der Waals surface area contributed by atoms with Gasteiger partial charge in [-0.25, -0.2) is 0 Å². The number of amides is 2. The molecule has 1 aliphatic heterocycles. The molecule has 0 aromatic heterocycles. The van der Waals surface area contributed by atoms with Crippen LogP contribution in [0, 0.1) is 0 Å². The molecule has 0 unspecified atom stereocenters. The summed E-state index contributed by atoms with van der Waals surface area (Å²) in [6, 6.07) is 14.0. The van der Waals surface area contributed by atoms with Crippen molar-refractivity contribution in [2.24, 2.45) is 0 Å². The van der Waals surface area contributed by atoms with Gasteiger partial charge in [-0.2, -0.15) is 0 Å². The Hall–Kier alpha value is -2.95. The van der Waals surface area contributed by atoms with Gasteiger partial charge in [-0.15, -0.1) is 0 Å². The lowest BCUT2D eigenvalue weighted by atomic mass is 10.0. The van der Waals surface area contributed by atoms with E-state index in [2.05, 4.69) is 0 Å². The third-order valence-electron chi connectivity index (χ3n) is 3.93. The van der Waals surface area contributed by atoms with Crippen molar-refractivity contribution >= 4 is 17.8 Å². The molecule has 0 saturated carbocycles. The SMILES string of the molecule is O=C(O)CCc1ccccc1CN1C(=O)c2ccccc2C1=O. The number of aryl methyl sites for hydroxylation is 1. The van der Waals surface area contributed by atoms with E-state index in [1.807, 2.05) is 24.3 Å². The molecular formula is C18H15NO4. The third kappa shape index (κ3) is 2.85. The lowest BCUT2D eigenvalue weighted by molar-refractivity contribution is -0.136. The molecule has 2 aromatic rings. The maximum Gasteiger partial charge on any atom is 0.303 e. The normalized spacial score (nSPS) is 13.3. The van der Waals surface area contributed by atoms with E-state index in [-0.39, 0.29) is 24.8 Å². The molecule has 0 spiro atoms. The highest BCUT2D eigenvalue weighted by Gasteiger charge is 2.35. The number of nitrogens with zero attached hydrogens (tertiary/aromatic N) is 1. The Labute approximate surface area is 133 Å². The number of hydrogen-bond acceptors (Lipinski definition) is 3. The predicted octanol–water partition coefficient (Wildman–Crippen LogP) is 2.50. The zero-order chi connectivity index (χ0) is 16.4. The van der Waals surface area contributed by atoms with Gasteiger partial charge in [0.1, 0.15) is 0 Å². The van der Waals surface area contributed by atoms with Gasteiger partial charge in [0.25, 0.3) is 11.8 Å². The minimum atomic E-state index is -0.875. The van der Waals surface area contributed by atoms with Crippen molar-refractivity contribution in [1.82, 2.24) is 4.90 Å². The van der Waals surface area contributed by atoms with Gasteiger partial charge in [-0.1, -0.05) is 36.4 Å². The largest absolute Gasteiger partial charge is 0.481 e. The van der Waals surface area contributed by atoms with Crippen molar-refractivity contribution in [3.8, 4) is 0 Å². The van der Waals surface area contributed by atoms with E-state index in [9.17, 15) is 14.4 Å². The van der Waals surface area contributed by atoms with Crippen LogP contribution in [0.25, 0.3) is 0 Å². The second-order valence-corrected chi connectivity index (χ2v) is 5.40. The van der Waals surface area contributed by atoms with E-state index < -0.39 is 5.97 Å². The van der Waals surface area contributed by atoms with Gasteiger partial charge in [0.15, 0.2) is 0 Å². The van der Waals surface area contributed by atoms with Crippen molar-refractivity contribution in [1.29, 1.82) is 0 Å². The number of benzene rings is 2. The summed E-state index contributed by atoms with van der Waals surface area (Å²) in [6.45, 7) is 0.155. The van der Waals surface area contributed by atoms with Crippen molar-refractivity contribution in [2.75, 3.05) is 0 Å². The van der Waals surface area contributed by atoms with E-state index in [1.165, 1.54) is 4.90 Å². The predicted molar refractivity (Wildman–Crippen MR) is 83.0 cm³/mol. The number of imide groups is 1. The lowest BCUT2D eigenvalue weighted by Crippen LogP contribution is -2.29. The number of hydrogen-bond donors (Lipinski definition) is 1. The van der Waals surface area contributed by atoms with Crippen molar-refractivity contribution < 1.29 is 19.5 Å². The van der Waals surface area contributed by atoms with E-state index in [1.54, 1.807) is 24.3 Å². The summed E-state index contributed by atoms with van der Waals surface area (Å²) in [6.07, 6.45) is 0.383. The van der Waals surface area contributed by atoms with Gasteiger partial charge >= 0.3 is 5.97 Å². The number of carboxylic acids is 1. The van der Waals surface area contributed by atoms with Crippen molar-refractivity contribution in [3.05, 3.63) is 70.8 Å². The smallest absolute Gasteiger partial charge is 0.303 e. The molecule has 0 aliphatic carbocycles. The summed E-state index contributed by atoms with van der Waals surface area (Å²) < 4.78 is 0. The summed E-state index contributed by atoms with van der Waals surface area (Å²) in [4.78, 5) is 36.8. The fourth-order valence-corrected chi connectivity index (χ4v) is 2.75. The quantitative estimate of drug-likeness (QED) is 0.861. The highest BCUT2D eigenvalue weighted by Crippen LogP contribution is 2.25. The first-order valence-corrected chi connectivity index (χ1v) is 7.31. The van der Waals surface area contributed by atoms with Crippen LogP contribution in [0.1, 0.15) is 38.3 Å². The van der Waals surface area contributed by atoms with Crippen LogP contribution < -0.4 is 0 Å². The maximum atomic E-state index is 12.4. The summed E-state index contributed by atoms with van der Waals surface area (Å²) in [5.41, 5.74) is 2.47. The monoisotopic (exact) mass is 309 g/mol. The van der Waals surface area contributed by atoms with Crippen molar-refractivity contribution in [3.63, 3.8) is 0 Å². The summed E-state index contributed by atoms with van der Waals surface area (Å²) >= 11 is 0. The van der Waals surface area contributed by atoms with E-state index >= 15 is 0 Å². The first-order valence-electron chi connectivity index (χ1n) is 7.31. The first-order chi connectivity index (χ1) is 11.1.